The fourth-order valence-electron chi connectivity index (χ4n) is 4.07. The van der Waals surface area contributed by atoms with Gasteiger partial charge in [0.05, 0.1) is 11.9 Å². The Labute approximate surface area is 167 Å². The lowest BCUT2D eigenvalue weighted by atomic mass is 10.2. The number of aryl methyl sites for hydroxylation is 1. The molecule has 144 valence electrons. The zero-order chi connectivity index (χ0) is 19.8. The maximum absolute atomic E-state index is 12.3. The molecule has 29 heavy (non-hydrogen) atoms. The second-order valence-electron chi connectivity index (χ2n) is 7.20. The predicted molar refractivity (Wildman–Crippen MR) is 112 cm³/mol. The quantitative estimate of drug-likeness (QED) is 0.563. The molecule has 1 aromatic carbocycles. The largest absolute Gasteiger partial charge is 0.382 e. The van der Waals surface area contributed by atoms with Crippen molar-refractivity contribution in [3.05, 3.63) is 71.9 Å². The van der Waals surface area contributed by atoms with E-state index in [-0.39, 0.29) is 5.91 Å². The van der Waals surface area contributed by atoms with Crippen LogP contribution in [0.4, 0.5) is 11.5 Å². The van der Waals surface area contributed by atoms with E-state index in [1.54, 1.807) is 12.4 Å². The van der Waals surface area contributed by atoms with Crippen LogP contribution in [0.25, 0.3) is 16.7 Å². The second kappa shape index (κ2) is 7.01. The van der Waals surface area contributed by atoms with Crippen LogP contribution in [-0.2, 0) is 24.1 Å². The molecule has 0 atom stereocenters. The minimum absolute atomic E-state index is 0.0612. The summed E-state index contributed by atoms with van der Waals surface area (Å²) in [6.07, 6.45) is 8.34. The number of nitrogens with two attached hydrogens (primary N) is 1. The molecule has 1 aliphatic carbocycles. The topological polar surface area (TPSA) is 98.7 Å². The van der Waals surface area contributed by atoms with Crippen LogP contribution >= 0.6 is 0 Å². The number of aromatic nitrogens is 4. The number of nitrogens with zero attached hydrogens (tertiary/aromatic N) is 4. The molecule has 7 heteroatoms. The molecule has 0 saturated carbocycles. The van der Waals surface area contributed by atoms with E-state index in [9.17, 15) is 4.79 Å². The molecule has 0 saturated heterocycles. The van der Waals surface area contributed by atoms with Gasteiger partial charge in [-0.25, -0.2) is 9.97 Å². The van der Waals surface area contributed by atoms with Gasteiger partial charge in [-0.2, -0.15) is 0 Å². The van der Waals surface area contributed by atoms with Gasteiger partial charge < -0.3 is 15.6 Å². The molecule has 0 radical (unpaired) electrons. The summed E-state index contributed by atoms with van der Waals surface area (Å²) in [7, 11) is 0. The van der Waals surface area contributed by atoms with Crippen molar-refractivity contribution in [2.45, 2.75) is 25.7 Å². The normalized spacial score (nSPS) is 12.8. The van der Waals surface area contributed by atoms with E-state index < -0.39 is 0 Å². The van der Waals surface area contributed by atoms with Gasteiger partial charge in [-0.15, -0.1) is 0 Å². The van der Waals surface area contributed by atoms with Crippen LogP contribution in [-0.4, -0.2) is 25.4 Å². The van der Waals surface area contributed by atoms with Crippen molar-refractivity contribution in [2.24, 2.45) is 0 Å². The molecule has 0 fully saturated rings. The summed E-state index contributed by atoms with van der Waals surface area (Å²) in [5.41, 5.74) is 13.2. The van der Waals surface area contributed by atoms with Crippen molar-refractivity contribution in [3.63, 3.8) is 0 Å². The molecular formula is C22H20N6O. The summed E-state index contributed by atoms with van der Waals surface area (Å²) in [4.78, 5) is 24.9. The zero-order valence-corrected chi connectivity index (χ0v) is 15.8. The molecule has 0 aliphatic heterocycles. The van der Waals surface area contributed by atoms with Crippen LogP contribution in [0, 0.1) is 0 Å². The van der Waals surface area contributed by atoms with Crippen molar-refractivity contribution in [3.8, 4) is 5.69 Å². The molecule has 3 N–H and O–H groups in total. The number of carbonyl (C=O) groups excluding carboxylic acids is 1. The average Bonchev–Trinajstić information content (AvgIpc) is 3.31. The lowest BCUT2D eigenvalue weighted by Gasteiger charge is -2.12. The van der Waals surface area contributed by atoms with Gasteiger partial charge in [0, 0.05) is 29.5 Å². The Hall–Kier alpha value is -3.74. The van der Waals surface area contributed by atoms with Crippen LogP contribution < -0.4 is 11.1 Å². The maximum atomic E-state index is 12.3. The van der Waals surface area contributed by atoms with Crippen molar-refractivity contribution >= 4 is 28.4 Å². The summed E-state index contributed by atoms with van der Waals surface area (Å²) < 4.78 is 2.16. The van der Waals surface area contributed by atoms with Crippen molar-refractivity contribution in [1.29, 1.82) is 0 Å². The Morgan fingerprint density at radius 2 is 1.86 bits per heavy atom. The Balaban J connectivity index is 1.43. The third-order valence-electron chi connectivity index (χ3n) is 5.34. The molecule has 0 unspecified atom stereocenters. The smallest absolute Gasteiger partial charge is 0.228 e. The van der Waals surface area contributed by atoms with Crippen molar-refractivity contribution in [2.75, 3.05) is 11.1 Å². The minimum Gasteiger partial charge on any atom is -0.382 e. The second-order valence-corrected chi connectivity index (χ2v) is 7.20. The maximum Gasteiger partial charge on any atom is 0.228 e. The molecule has 7 nitrogen and oxygen atoms in total. The van der Waals surface area contributed by atoms with Gasteiger partial charge in [-0.1, -0.05) is 0 Å². The predicted octanol–water partition coefficient (Wildman–Crippen LogP) is 3.07. The van der Waals surface area contributed by atoms with Crippen LogP contribution in [0.2, 0.25) is 0 Å². The molecule has 0 bridgehead atoms. The highest BCUT2D eigenvalue weighted by molar-refractivity contribution is 5.93. The van der Waals surface area contributed by atoms with Crippen molar-refractivity contribution in [1.82, 2.24) is 19.5 Å². The number of anilines is 2. The summed E-state index contributed by atoms with van der Waals surface area (Å²) in [5, 5.41) is 2.95. The summed E-state index contributed by atoms with van der Waals surface area (Å²) in [5.74, 6) is 0.424. The molecule has 1 aliphatic rings. The summed E-state index contributed by atoms with van der Waals surface area (Å²) in [6.45, 7) is 0. The first-order valence-corrected chi connectivity index (χ1v) is 9.62. The number of fused-ring (bicyclic) bond motifs is 3. The zero-order valence-electron chi connectivity index (χ0n) is 15.8. The van der Waals surface area contributed by atoms with Crippen LogP contribution in [0.1, 0.15) is 23.2 Å². The highest BCUT2D eigenvalue weighted by Gasteiger charge is 2.25. The standard InChI is InChI=1S/C22H20N6O/c23-22-21-20(25-13-26-22)17-2-1-3-18(17)28(21)16-6-4-15(5-7-16)27-19(29)12-14-8-10-24-11-9-14/h4-11,13H,1-3,12H2,(H,27,29)(H2,23,25,26). The van der Waals surface area contributed by atoms with E-state index in [1.165, 1.54) is 17.6 Å². The number of amides is 1. The van der Waals surface area contributed by atoms with Gasteiger partial charge in [0.2, 0.25) is 5.91 Å². The minimum atomic E-state index is -0.0612. The number of carbonyl (C=O) groups is 1. The fourth-order valence-corrected chi connectivity index (χ4v) is 4.07. The third kappa shape index (κ3) is 3.10. The Morgan fingerprint density at radius 3 is 2.66 bits per heavy atom. The lowest BCUT2D eigenvalue weighted by molar-refractivity contribution is -0.115. The van der Waals surface area contributed by atoms with E-state index in [0.717, 1.165) is 47.2 Å². The van der Waals surface area contributed by atoms with Gasteiger partial charge >= 0.3 is 0 Å². The number of hydrogen-bond acceptors (Lipinski definition) is 5. The first-order chi connectivity index (χ1) is 14.2. The molecule has 0 spiro atoms. The van der Waals surface area contributed by atoms with E-state index >= 15 is 0 Å². The Bertz CT molecular complexity index is 1200. The molecule has 3 heterocycles. The Morgan fingerprint density at radius 1 is 1.07 bits per heavy atom. The summed E-state index contributed by atoms with van der Waals surface area (Å²) >= 11 is 0. The first kappa shape index (κ1) is 17.4. The lowest BCUT2D eigenvalue weighted by Crippen LogP contribution is -2.14. The molecule has 1 amide bonds. The van der Waals surface area contributed by atoms with Crippen LogP contribution in [0.15, 0.2) is 55.1 Å². The number of nitrogens with one attached hydrogen (secondary N) is 1. The monoisotopic (exact) mass is 384 g/mol. The van der Waals surface area contributed by atoms with Crippen LogP contribution in [0.5, 0.6) is 0 Å². The van der Waals surface area contributed by atoms with Gasteiger partial charge in [0.25, 0.3) is 0 Å². The van der Waals surface area contributed by atoms with Gasteiger partial charge in [0.15, 0.2) is 5.82 Å². The van der Waals surface area contributed by atoms with E-state index in [0.29, 0.717) is 12.2 Å². The molecular weight excluding hydrogens is 364 g/mol. The first-order valence-electron chi connectivity index (χ1n) is 9.62. The van der Waals surface area contributed by atoms with Crippen molar-refractivity contribution < 1.29 is 4.79 Å². The van der Waals surface area contributed by atoms with Gasteiger partial charge in [-0.3, -0.25) is 9.78 Å². The SMILES string of the molecule is Nc1ncnc2c3c(n(-c4ccc(NC(=O)Cc5ccncc5)cc4)c12)CCC3. The number of hydrogen-bond donors (Lipinski definition) is 2. The highest BCUT2D eigenvalue weighted by atomic mass is 16.1. The van der Waals surface area contributed by atoms with E-state index in [2.05, 4.69) is 24.8 Å². The molecule has 5 rings (SSSR count). The molecule has 3 aromatic heterocycles. The number of rotatable bonds is 4. The van der Waals surface area contributed by atoms with Gasteiger partial charge in [-0.05, 0) is 66.8 Å². The summed E-state index contributed by atoms with van der Waals surface area (Å²) in [6, 6.07) is 11.5. The Kier molecular flexibility index (Phi) is 4.20. The third-order valence-corrected chi connectivity index (χ3v) is 5.34. The highest BCUT2D eigenvalue weighted by Crippen LogP contribution is 2.36. The van der Waals surface area contributed by atoms with Gasteiger partial charge in [0.1, 0.15) is 11.8 Å². The number of nitrogen functional groups attached to an aromatic ring is 1. The van der Waals surface area contributed by atoms with E-state index in [1.807, 2.05) is 36.4 Å². The van der Waals surface area contributed by atoms with E-state index in [4.69, 9.17) is 5.73 Å². The van der Waals surface area contributed by atoms with Crippen LogP contribution in [0.3, 0.4) is 0 Å². The number of benzene rings is 1. The fraction of sp³-hybridized carbons (Fsp3) is 0.182. The number of pyridine rings is 1. The average molecular weight is 384 g/mol. The molecule has 4 aromatic rings.